The largest absolute Gasteiger partial charge is 0.491 e. The molecule has 166 valence electrons. The van der Waals surface area contributed by atoms with Crippen LogP contribution in [0.2, 0.25) is 0 Å². The van der Waals surface area contributed by atoms with Crippen LogP contribution in [0.3, 0.4) is 0 Å². The van der Waals surface area contributed by atoms with Crippen LogP contribution in [0.5, 0.6) is 11.5 Å². The summed E-state index contributed by atoms with van der Waals surface area (Å²) in [6.45, 7) is 3.88. The molecule has 3 rings (SSSR count). The van der Waals surface area contributed by atoms with Crippen molar-refractivity contribution < 1.29 is 32.5 Å². The second kappa shape index (κ2) is 10.5. The number of aliphatic carboxylic acids is 1. The summed E-state index contributed by atoms with van der Waals surface area (Å²) >= 11 is 0. The number of rotatable bonds is 10. The zero-order chi connectivity index (χ0) is 22.3. The highest BCUT2D eigenvalue weighted by Crippen LogP contribution is 2.30. The number of sulfone groups is 1. The molecule has 1 aliphatic rings. The molecule has 0 saturated carbocycles. The number of carbonyl (C=O) groups is 1. The van der Waals surface area contributed by atoms with Gasteiger partial charge >= 0.3 is 5.97 Å². The number of fused-ring (bicyclic) bond motifs is 1. The molecule has 2 aromatic rings. The van der Waals surface area contributed by atoms with E-state index in [-0.39, 0.29) is 29.2 Å². The SMILES string of the molecule is CCCOCCOc1ccccc1COc1ccc2c(c1)C=C(C(=O)O)CCS2(=O)=O. The lowest BCUT2D eigenvalue weighted by molar-refractivity contribution is -0.132. The van der Waals surface area contributed by atoms with E-state index in [9.17, 15) is 18.3 Å². The number of carboxylic acids is 1. The summed E-state index contributed by atoms with van der Waals surface area (Å²) in [6.07, 6.45) is 2.33. The van der Waals surface area contributed by atoms with Gasteiger partial charge in [-0.05, 0) is 48.7 Å². The van der Waals surface area contributed by atoms with Gasteiger partial charge in [0, 0.05) is 17.7 Å². The first-order valence-electron chi connectivity index (χ1n) is 10.1. The van der Waals surface area contributed by atoms with Crippen LogP contribution in [0.1, 0.15) is 30.9 Å². The fourth-order valence-electron chi connectivity index (χ4n) is 3.18. The minimum atomic E-state index is -3.56. The molecule has 0 radical (unpaired) electrons. The number of para-hydroxylation sites is 1. The van der Waals surface area contributed by atoms with Gasteiger partial charge in [-0.15, -0.1) is 0 Å². The van der Waals surface area contributed by atoms with Gasteiger partial charge in [0.25, 0.3) is 0 Å². The highest BCUT2D eigenvalue weighted by atomic mass is 32.2. The van der Waals surface area contributed by atoms with E-state index in [2.05, 4.69) is 0 Å². The summed E-state index contributed by atoms with van der Waals surface area (Å²) in [7, 11) is -3.56. The second-order valence-electron chi connectivity index (χ2n) is 7.10. The van der Waals surface area contributed by atoms with Crippen LogP contribution in [-0.2, 0) is 26.0 Å². The molecule has 0 atom stereocenters. The fraction of sp³-hybridized carbons (Fsp3) is 0.348. The predicted molar refractivity (Wildman–Crippen MR) is 116 cm³/mol. The summed E-state index contributed by atoms with van der Waals surface area (Å²) < 4.78 is 42.0. The summed E-state index contributed by atoms with van der Waals surface area (Å²) in [6, 6.07) is 12.1. The van der Waals surface area contributed by atoms with Crippen LogP contribution in [0, 0.1) is 0 Å². The summed E-state index contributed by atoms with van der Waals surface area (Å²) in [5, 5.41) is 9.31. The van der Waals surface area contributed by atoms with Crippen molar-refractivity contribution in [3.63, 3.8) is 0 Å². The van der Waals surface area contributed by atoms with Crippen molar-refractivity contribution >= 4 is 21.9 Å². The zero-order valence-electron chi connectivity index (χ0n) is 17.4. The molecular formula is C23H26O7S. The van der Waals surface area contributed by atoms with Crippen molar-refractivity contribution in [2.24, 2.45) is 0 Å². The highest BCUT2D eigenvalue weighted by molar-refractivity contribution is 7.91. The van der Waals surface area contributed by atoms with E-state index in [1.54, 1.807) is 12.1 Å². The van der Waals surface area contributed by atoms with E-state index < -0.39 is 15.8 Å². The standard InChI is InChI=1S/C23H26O7S/c1-2-10-28-11-12-29-21-6-4-3-5-18(21)16-30-20-7-8-22-19(15-20)14-17(23(24)25)9-13-31(22,26)27/h3-8,14-15H,2,9-13,16H2,1H3,(H,24,25). The van der Waals surface area contributed by atoms with E-state index in [0.29, 0.717) is 36.9 Å². The van der Waals surface area contributed by atoms with Crippen LogP contribution >= 0.6 is 0 Å². The molecule has 0 fully saturated rings. The van der Waals surface area contributed by atoms with E-state index in [1.165, 1.54) is 12.1 Å². The Morgan fingerprint density at radius 2 is 1.87 bits per heavy atom. The first-order chi connectivity index (χ1) is 14.9. The molecule has 8 heteroatoms. The average Bonchev–Trinajstić information content (AvgIpc) is 2.88. The molecular weight excluding hydrogens is 420 g/mol. The van der Waals surface area contributed by atoms with Gasteiger partial charge in [0.05, 0.1) is 17.3 Å². The first-order valence-corrected chi connectivity index (χ1v) is 11.8. The van der Waals surface area contributed by atoms with E-state index in [1.807, 2.05) is 31.2 Å². The molecule has 0 bridgehead atoms. The quantitative estimate of drug-likeness (QED) is 0.555. The van der Waals surface area contributed by atoms with Crippen LogP contribution < -0.4 is 9.47 Å². The van der Waals surface area contributed by atoms with Crippen LogP contribution in [0.25, 0.3) is 6.08 Å². The number of benzene rings is 2. The molecule has 0 aliphatic carbocycles. The maximum absolute atomic E-state index is 12.5. The number of hydrogen-bond acceptors (Lipinski definition) is 6. The third-order valence-electron chi connectivity index (χ3n) is 4.76. The topological polar surface area (TPSA) is 99.1 Å². The lowest BCUT2D eigenvalue weighted by atomic mass is 10.1. The lowest BCUT2D eigenvalue weighted by Crippen LogP contribution is -2.09. The van der Waals surface area contributed by atoms with Gasteiger partial charge in [-0.2, -0.15) is 0 Å². The Bertz CT molecular complexity index is 1060. The molecule has 0 spiro atoms. The molecule has 31 heavy (non-hydrogen) atoms. The maximum Gasteiger partial charge on any atom is 0.331 e. The van der Waals surface area contributed by atoms with Crippen molar-refractivity contribution in [2.75, 3.05) is 25.6 Å². The smallest absolute Gasteiger partial charge is 0.331 e. The van der Waals surface area contributed by atoms with Crippen molar-refractivity contribution in [3.05, 3.63) is 59.2 Å². The second-order valence-corrected chi connectivity index (χ2v) is 9.18. The maximum atomic E-state index is 12.5. The Kier molecular flexibility index (Phi) is 7.70. The minimum Gasteiger partial charge on any atom is -0.491 e. The van der Waals surface area contributed by atoms with E-state index in [4.69, 9.17) is 14.2 Å². The number of ether oxygens (including phenoxy) is 3. The Labute approximate surface area is 182 Å². The molecule has 7 nitrogen and oxygen atoms in total. The van der Waals surface area contributed by atoms with Gasteiger partial charge in [0.1, 0.15) is 24.7 Å². The van der Waals surface area contributed by atoms with Crippen molar-refractivity contribution in [3.8, 4) is 11.5 Å². The highest BCUT2D eigenvalue weighted by Gasteiger charge is 2.24. The summed E-state index contributed by atoms with van der Waals surface area (Å²) in [5.74, 6) is -0.223. The third kappa shape index (κ3) is 6.08. The third-order valence-corrected chi connectivity index (χ3v) is 6.55. The molecule has 0 unspecified atom stereocenters. The van der Waals surface area contributed by atoms with Crippen LogP contribution in [0.4, 0.5) is 0 Å². The average molecular weight is 447 g/mol. The molecule has 1 N–H and O–H groups in total. The molecule has 2 aromatic carbocycles. The van der Waals surface area contributed by atoms with Gasteiger partial charge in [0.2, 0.25) is 0 Å². The van der Waals surface area contributed by atoms with Gasteiger partial charge in [-0.25, -0.2) is 13.2 Å². The van der Waals surface area contributed by atoms with E-state index in [0.717, 1.165) is 12.0 Å². The van der Waals surface area contributed by atoms with Gasteiger partial charge < -0.3 is 19.3 Å². The molecule has 0 saturated heterocycles. The van der Waals surface area contributed by atoms with Gasteiger partial charge in [0.15, 0.2) is 9.84 Å². The summed E-state index contributed by atoms with van der Waals surface area (Å²) in [5.41, 5.74) is 1.22. The van der Waals surface area contributed by atoms with Gasteiger partial charge in [-0.1, -0.05) is 25.1 Å². The zero-order valence-corrected chi connectivity index (χ0v) is 18.2. The fourth-order valence-corrected chi connectivity index (χ4v) is 4.64. The van der Waals surface area contributed by atoms with Crippen LogP contribution in [-0.4, -0.2) is 45.1 Å². The number of carboxylic acid groups (broad SMARTS) is 1. The Morgan fingerprint density at radius 1 is 1.06 bits per heavy atom. The van der Waals surface area contributed by atoms with Gasteiger partial charge in [-0.3, -0.25) is 0 Å². The molecule has 1 aliphatic heterocycles. The molecule has 1 heterocycles. The monoisotopic (exact) mass is 446 g/mol. The van der Waals surface area contributed by atoms with Crippen LogP contribution in [0.15, 0.2) is 52.9 Å². The summed E-state index contributed by atoms with van der Waals surface area (Å²) in [4.78, 5) is 11.5. The Morgan fingerprint density at radius 3 is 2.65 bits per heavy atom. The molecule has 0 aromatic heterocycles. The van der Waals surface area contributed by atoms with E-state index >= 15 is 0 Å². The predicted octanol–water partition coefficient (Wildman–Crippen LogP) is 3.72. The number of hydrogen-bond donors (Lipinski definition) is 1. The van der Waals surface area contributed by atoms with Crippen molar-refractivity contribution in [1.82, 2.24) is 0 Å². The first kappa shape index (κ1) is 22.8. The molecule has 0 amide bonds. The Hall–Kier alpha value is -2.84. The Balaban J connectivity index is 1.74. The normalized spacial score (nSPS) is 14.8. The minimum absolute atomic E-state index is 0.0325. The van der Waals surface area contributed by atoms with Crippen molar-refractivity contribution in [2.45, 2.75) is 31.3 Å². The lowest BCUT2D eigenvalue weighted by Gasteiger charge is -2.13. The van der Waals surface area contributed by atoms with Crippen molar-refractivity contribution in [1.29, 1.82) is 0 Å².